The van der Waals surface area contributed by atoms with Gasteiger partial charge in [-0.05, 0) is 33.6 Å². The van der Waals surface area contributed by atoms with E-state index in [1.54, 1.807) is 33.0 Å². The van der Waals surface area contributed by atoms with Crippen LogP contribution in [0.25, 0.3) is 0 Å². The van der Waals surface area contributed by atoms with E-state index in [-0.39, 0.29) is 30.5 Å². The summed E-state index contributed by atoms with van der Waals surface area (Å²) in [7, 11) is 4.96. The largest absolute Gasteiger partial charge is 0.450 e. The second kappa shape index (κ2) is 11.5. The molecule has 3 N–H and O–H groups in total. The lowest BCUT2D eigenvalue weighted by molar-refractivity contribution is -0.128. The molecule has 0 radical (unpaired) electrons. The smallest absolute Gasteiger partial charge is 0.409 e. The van der Waals surface area contributed by atoms with Gasteiger partial charge in [0, 0.05) is 46.8 Å². The molecule has 10 heteroatoms. The maximum absolute atomic E-state index is 12.0. The van der Waals surface area contributed by atoms with Crippen LogP contribution in [0, 0.1) is 5.41 Å². The van der Waals surface area contributed by atoms with Crippen LogP contribution < -0.4 is 16.0 Å². The van der Waals surface area contributed by atoms with Crippen LogP contribution >= 0.6 is 0 Å². The summed E-state index contributed by atoms with van der Waals surface area (Å²) in [6.07, 6.45) is 1.18. The van der Waals surface area contributed by atoms with Crippen LogP contribution in [0.2, 0.25) is 0 Å². The number of amides is 3. The number of likely N-dealkylation sites (tertiary alicyclic amines) is 1. The highest BCUT2D eigenvalue weighted by Gasteiger charge is 2.28. The van der Waals surface area contributed by atoms with Crippen LogP contribution in [-0.4, -0.2) is 93.6 Å². The lowest BCUT2D eigenvalue weighted by Crippen LogP contribution is -2.52. The number of nitrogens with zero attached hydrogens (tertiary/aromatic N) is 3. The van der Waals surface area contributed by atoms with Gasteiger partial charge in [-0.25, -0.2) is 9.79 Å². The molecule has 0 saturated carbocycles. The molecule has 1 rings (SSSR count). The zero-order valence-corrected chi connectivity index (χ0v) is 18.5. The molecule has 0 unspecified atom stereocenters. The molecule has 0 atom stereocenters. The molecule has 166 valence electrons. The first-order chi connectivity index (χ1) is 13.6. The Morgan fingerprint density at radius 2 is 1.83 bits per heavy atom. The minimum Gasteiger partial charge on any atom is -0.450 e. The van der Waals surface area contributed by atoms with Crippen LogP contribution in [0.15, 0.2) is 4.99 Å². The molecule has 1 saturated heterocycles. The molecule has 0 bridgehead atoms. The van der Waals surface area contributed by atoms with Gasteiger partial charge in [0.2, 0.25) is 11.8 Å². The summed E-state index contributed by atoms with van der Waals surface area (Å²) in [4.78, 5) is 43.3. The van der Waals surface area contributed by atoms with Gasteiger partial charge >= 0.3 is 6.09 Å². The van der Waals surface area contributed by atoms with Gasteiger partial charge in [-0.1, -0.05) is 0 Å². The quantitative estimate of drug-likeness (QED) is 0.401. The number of aliphatic imine (C=N–C) groups is 1. The third-order valence-corrected chi connectivity index (χ3v) is 4.77. The Balaban J connectivity index is 2.72. The summed E-state index contributed by atoms with van der Waals surface area (Å²) in [5.74, 6) is 0.275. The monoisotopic (exact) mass is 412 g/mol. The van der Waals surface area contributed by atoms with Crippen LogP contribution in [0.5, 0.6) is 0 Å². The number of likely N-dealkylation sites (N-methyl/N-ethyl adjacent to an activating group) is 1. The van der Waals surface area contributed by atoms with Crippen molar-refractivity contribution < 1.29 is 19.1 Å². The standard InChI is InChI=1S/C19H36N6O4/c1-7-29-18(28)25-10-8-14(9-11-25)23-17(21-12-15(26)24(5)6)22-13-19(2,3)16(27)20-4/h14H,7-13H2,1-6H3,(H,20,27)(H2,21,22,23). The fourth-order valence-electron chi connectivity index (χ4n) is 2.78. The van der Waals surface area contributed by atoms with Gasteiger partial charge in [0.05, 0.1) is 12.0 Å². The molecule has 0 spiro atoms. The van der Waals surface area contributed by atoms with Gasteiger partial charge in [0.25, 0.3) is 0 Å². The van der Waals surface area contributed by atoms with E-state index in [0.717, 1.165) is 12.8 Å². The van der Waals surface area contributed by atoms with Gasteiger partial charge in [0.15, 0.2) is 5.96 Å². The lowest BCUT2D eigenvalue weighted by Gasteiger charge is -2.33. The van der Waals surface area contributed by atoms with Crippen LogP contribution in [0.3, 0.4) is 0 Å². The summed E-state index contributed by atoms with van der Waals surface area (Å²) in [5.41, 5.74) is -0.643. The number of hydrogen-bond acceptors (Lipinski definition) is 5. The molecule has 0 aromatic heterocycles. The van der Waals surface area contributed by atoms with Gasteiger partial charge in [-0.15, -0.1) is 0 Å². The zero-order valence-electron chi connectivity index (χ0n) is 18.5. The Morgan fingerprint density at radius 3 is 2.34 bits per heavy atom. The molecule has 0 aromatic carbocycles. The fourth-order valence-corrected chi connectivity index (χ4v) is 2.78. The Labute approximate surface area is 173 Å². The van der Waals surface area contributed by atoms with Gasteiger partial charge < -0.3 is 30.5 Å². The van der Waals surface area contributed by atoms with Crippen molar-refractivity contribution in [2.75, 3.05) is 53.9 Å². The van der Waals surface area contributed by atoms with Crippen molar-refractivity contribution in [2.24, 2.45) is 10.4 Å². The molecule has 29 heavy (non-hydrogen) atoms. The number of piperidine rings is 1. The lowest BCUT2D eigenvalue weighted by atomic mass is 9.92. The van der Waals surface area contributed by atoms with Gasteiger partial charge in [-0.3, -0.25) is 9.59 Å². The zero-order chi connectivity index (χ0) is 22.0. The second-order valence-corrected chi connectivity index (χ2v) is 7.87. The number of hydrogen-bond donors (Lipinski definition) is 3. The summed E-state index contributed by atoms with van der Waals surface area (Å²) in [6, 6.07) is 0.101. The summed E-state index contributed by atoms with van der Waals surface area (Å²) in [5, 5.41) is 9.15. The Hall–Kier alpha value is -2.52. The molecular weight excluding hydrogens is 376 g/mol. The molecule has 1 fully saturated rings. The van der Waals surface area contributed by atoms with Crippen LogP contribution in [0.1, 0.15) is 33.6 Å². The molecular formula is C19H36N6O4. The van der Waals surface area contributed by atoms with Crippen LogP contribution in [0.4, 0.5) is 4.79 Å². The second-order valence-electron chi connectivity index (χ2n) is 7.87. The van der Waals surface area contributed by atoms with E-state index in [0.29, 0.717) is 32.2 Å². The number of nitrogens with one attached hydrogen (secondary N) is 3. The maximum Gasteiger partial charge on any atom is 0.409 e. The normalized spacial score (nSPS) is 15.5. The third kappa shape index (κ3) is 8.16. The number of guanidine groups is 1. The first-order valence-electron chi connectivity index (χ1n) is 9.99. The number of carbonyl (C=O) groups is 3. The highest BCUT2D eigenvalue weighted by Crippen LogP contribution is 2.14. The van der Waals surface area contributed by atoms with E-state index in [9.17, 15) is 14.4 Å². The highest BCUT2D eigenvalue weighted by molar-refractivity contribution is 5.86. The van der Waals surface area contributed by atoms with E-state index < -0.39 is 5.41 Å². The predicted molar refractivity (Wildman–Crippen MR) is 112 cm³/mol. The molecule has 1 aliphatic rings. The van der Waals surface area contributed by atoms with E-state index >= 15 is 0 Å². The minimum absolute atomic E-state index is 0.00437. The first-order valence-corrected chi connectivity index (χ1v) is 9.99. The molecule has 1 heterocycles. The van der Waals surface area contributed by atoms with E-state index in [4.69, 9.17) is 4.74 Å². The van der Waals surface area contributed by atoms with Crippen molar-refractivity contribution in [3.05, 3.63) is 0 Å². The molecule has 1 aliphatic heterocycles. The average molecular weight is 413 g/mol. The number of rotatable bonds is 7. The van der Waals surface area contributed by atoms with Crippen molar-refractivity contribution in [1.29, 1.82) is 0 Å². The third-order valence-electron chi connectivity index (χ3n) is 4.77. The Morgan fingerprint density at radius 1 is 1.21 bits per heavy atom. The van der Waals surface area contributed by atoms with Crippen molar-refractivity contribution in [2.45, 2.75) is 39.7 Å². The first kappa shape index (κ1) is 24.5. The SMILES string of the molecule is CCOC(=O)N1CCC(NC(=NCC(=O)N(C)C)NCC(C)(C)C(=O)NC)CC1. The fraction of sp³-hybridized carbons (Fsp3) is 0.789. The highest BCUT2D eigenvalue weighted by atomic mass is 16.6. The van der Waals surface area contributed by atoms with Gasteiger partial charge in [-0.2, -0.15) is 0 Å². The van der Waals surface area contributed by atoms with E-state index in [1.165, 1.54) is 4.90 Å². The van der Waals surface area contributed by atoms with Crippen molar-refractivity contribution in [3.63, 3.8) is 0 Å². The van der Waals surface area contributed by atoms with Crippen LogP contribution in [-0.2, 0) is 14.3 Å². The average Bonchev–Trinajstić information content (AvgIpc) is 2.69. The van der Waals surface area contributed by atoms with Crippen molar-refractivity contribution in [3.8, 4) is 0 Å². The number of ether oxygens (including phenoxy) is 1. The molecule has 0 aliphatic carbocycles. The summed E-state index contributed by atoms with van der Waals surface area (Å²) >= 11 is 0. The Bertz CT molecular complexity index is 598. The van der Waals surface area contributed by atoms with Crippen molar-refractivity contribution in [1.82, 2.24) is 25.8 Å². The summed E-state index contributed by atoms with van der Waals surface area (Å²) < 4.78 is 5.04. The number of carbonyl (C=O) groups excluding carboxylic acids is 3. The summed E-state index contributed by atoms with van der Waals surface area (Å²) in [6.45, 7) is 7.35. The minimum atomic E-state index is -0.643. The Kier molecular flexibility index (Phi) is 9.70. The predicted octanol–water partition coefficient (Wildman–Crippen LogP) is 0.00290. The van der Waals surface area contributed by atoms with Gasteiger partial charge in [0.1, 0.15) is 6.54 Å². The van der Waals surface area contributed by atoms with E-state index in [2.05, 4.69) is 20.9 Å². The molecule has 10 nitrogen and oxygen atoms in total. The topological polar surface area (TPSA) is 115 Å². The van der Waals surface area contributed by atoms with E-state index in [1.807, 2.05) is 13.8 Å². The van der Waals surface area contributed by atoms with Crippen molar-refractivity contribution >= 4 is 23.9 Å². The molecule has 0 aromatic rings. The molecule has 3 amide bonds. The maximum atomic E-state index is 12.0.